The predicted octanol–water partition coefficient (Wildman–Crippen LogP) is 5.63. The first-order valence-corrected chi connectivity index (χ1v) is 18.6. The molecule has 0 spiro atoms. The fourth-order valence-corrected chi connectivity index (χ4v) is 8.14. The molecule has 0 fully saturated rings. The minimum absolute atomic E-state index is 0. The molecule has 2 N–H and O–H groups in total. The Labute approximate surface area is 308 Å². The maximum absolute atomic E-state index is 12.7. The fraction of sp³-hybridized carbons (Fsp3) is 0.231. The second-order valence-electron chi connectivity index (χ2n) is 13.0. The molecule has 0 aliphatic rings. The Balaban J connectivity index is 0.00000562. The predicted molar refractivity (Wildman–Crippen MR) is 194 cm³/mol. The second-order valence-corrected chi connectivity index (χ2v) is 15.7. The maximum atomic E-state index is 12.7. The molecule has 0 aromatic heterocycles. The van der Waals surface area contributed by atoms with Crippen molar-refractivity contribution in [2.75, 3.05) is 10.6 Å². The van der Waals surface area contributed by atoms with Crippen molar-refractivity contribution in [2.24, 2.45) is 0 Å². The summed E-state index contributed by atoms with van der Waals surface area (Å²) in [5.74, 6) is -0.795. The Hall–Kier alpha value is -3.88. The van der Waals surface area contributed by atoms with Gasteiger partial charge in [0.05, 0.1) is 9.79 Å². The maximum Gasteiger partial charge on any atom is 1.00 e. The minimum atomic E-state index is -5.20. The van der Waals surface area contributed by atoms with E-state index in [-0.39, 0.29) is 24.4 Å². The van der Waals surface area contributed by atoms with Gasteiger partial charge >= 0.3 is 18.9 Å². The van der Waals surface area contributed by atoms with Crippen molar-refractivity contribution < 1.29 is 44.8 Å². The molecule has 11 heteroatoms. The molecule has 0 atom stereocenters. The molecule has 0 saturated carbocycles. The normalized spacial score (nSPS) is 11.7. The summed E-state index contributed by atoms with van der Waals surface area (Å²) in [5, 5.41) is 7.03. The van der Waals surface area contributed by atoms with Crippen LogP contribution >= 0.6 is 0 Å². The quantitative estimate of drug-likeness (QED) is 0.114. The van der Waals surface area contributed by atoms with E-state index in [0.717, 1.165) is 73.3 Å². The molecule has 0 aliphatic carbocycles. The Morgan fingerprint density at radius 2 is 0.860 bits per heavy atom. The zero-order valence-corrected chi connectivity index (χ0v) is 31.5. The number of rotatable bonds is 9. The van der Waals surface area contributed by atoms with Gasteiger partial charge in [0, 0.05) is 28.7 Å². The summed E-state index contributed by atoms with van der Waals surface area (Å²) in [4.78, 5) is -1.54. The number of aryl methyl sites for hydroxylation is 8. The van der Waals surface area contributed by atoms with Crippen molar-refractivity contribution >= 4 is 43.0 Å². The van der Waals surface area contributed by atoms with Crippen LogP contribution in [-0.4, -0.2) is 25.9 Å². The van der Waals surface area contributed by atoms with E-state index in [1.54, 1.807) is 0 Å². The van der Waals surface area contributed by atoms with E-state index in [0.29, 0.717) is 17.2 Å². The molecule has 0 radical (unpaired) electrons. The largest absolute Gasteiger partial charge is 1.00 e. The molecule has 5 rings (SSSR count). The Morgan fingerprint density at radius 3 is 1.20 bits per heavy atom. The molecule has 0 unspecified atom stereocenters. The van der Waals surface area contributed by atoms with Gasteiger partial charge in [-0.3, -0.25) is 0 Å². The molecule has 256 valence electrons. The standard InChI is InChI=1S/C39H42N2O6S2.Li/c1-22-15-26(5)38(27(6)16-22)40-30-9-12-33(24(3)19-30)37(35-14-11-32(48(42,43)44)21-36(35)49(45,46)47)34-13-10-31(20-25(34)4)41-39-28(7)17-23(2)18-29(39)8;/h9-21,37,40-41H,1-8H3,(H,42,43,44)(H,45,46,47);/q;+1/p-2. The van der Waals surface area contributed by atoms with E-state index in [9.17, 15) is 25.9 Å². The van der Waals surface area contributed by atoms with E-state index in [4.69, 9.17) is 0 Å². The molecular weight excluding hydrogens is 664 g/mol. The molecule has 5 aromatic carbocycles. The second kappa shape index (κ2) is 14.8. The van der Waals surface area contributed by atoms with Crippen LogP contribution in [0, 0.1) is 55.4 Å². The number of anilines is 4. The Kier molecular flexibility index (Phi) is 11.5. The van der Waals surface area contributed by atoms with Crippen molar-refractivity contribution in [1.82, 2.24) is 0 Å². The van der Waals surface area contributed by atoms with Gasteiger partial charge < -0.3 is 19.7 Å². The third kappa shape index (κ3) is 8.35. The van der Waals surface area contributed by atoms with Gasteiger partial charge in [-0.15, -0.1) is 0 Å². The van der Waals surface area contributed by atoms with Crippen molar-refractivity contribution in [1.29, 1.82) is 0 Å². The van der Waals surface area contributed by atoms with Gasteiger partial charge in [0.2, 0.25) is 0 Å². The van der Waals surface area contributed by atoms with Crippen molar-refractivity contribution in [3.63, 3.8) is 0 Å². The first-order valence-electron chi connectivity index (χ1n) is 15.8. The molecule has 8 nitrogen and oxygen atoms in total. The minimum Gasteiger partial charge on any atom is -0.744 e. The van der Waals surface area contributed by atoms with Crippen molar-refractivity contribution in [3.05, 3.63) is 140 Å². The SMILES string of the molecule is Cc1cc(C)c(Nc2ccc(C(c3ccc(Nc4c(C)cc(C)cc4C)cc3C)c3ccc(S(=O)(=O)[O-])cc3S(=O)(=O)[O-])c(C)c2)c(C)c1.[Li+]. The van der Waals surface area contributed by atoms with Crippen LogP contribution < -0.4 is 29.5 Å². The van der Waals surface area contributed by atoms with Gasteiger partial charge in [0.1, 0.15) is 20.2 Å². The van der Waals surface area contributed by atoms with Gasteiger partial charge in [0.15, 0.2) is 0 Å². The van der Waals surface area contributed by atoms with Crippen LogP contribution in [0.25, 0.3) is 0 Å². The topological polar surface area (TPSA) is 138 Å². The molecular formula is C39H40LiN2O6S2-. The number of nitrogens with one attached hydrogen (secondary N) is 2. The van der Waals surface area contributed by atoms with Gasteiger partial charge in [-0.1, -0.05) is 53.6 Å². The average Bonchev–Trinajstić information content (AvgIpc) is 2.98. The summed E-state index contributed by atoms with van der Waals surface area (Å²) >= 11 is 0. The third-order valence-electron chi connectivity index (χ3n) is 8.91. The molecule has 0 amide bonds. The van der Waals surface area contributed by atoms with Crippen LogP contribution in [0.15, 0.2) is 88.7 Å². The summed E-state index contributed by atoms with van der Waals surface area (Å²) in [6.07, 6.45) is 0. The molecule has 0 bridgehead atoms. The monoisotopic (exact) mass is 703 g/mol. The molecule has 5 aromatic rings. The van der Waals surface area contributed by atoms with E-state index in [2.05, 4.69) is 34.9 Å². The van der Waals surface area contributed by atoms with E-state index in [1.165, 1.54) is 6.07 Å². The summed E-state index contributed by atoms with van der Waals surface area (Å²) in [6, 6.07) is 22.9. The fourth-order valence-electron chi connectivity index (χ4n) is 6.83. The first-order chi connectivity index (χ1) is 22.8. The summed E-state index contributed by atoms with van der Waals surface area (Å²) < 4.78 is 73.7. The zero-order valence-electron chi connectivity index (χ0n) is 29.8. The van der Waals surface area contributed by atoms with Gasteiger partial charge in [-0.2, -0.15) is 0 Å². The third-order valence-corrected chi connectivity index (χ3v) is 10.6. The van der Waals surface area contributed by atoms with Gasteiger partial charge in [0.25, 0.3) is 0 Å². The molecule has 0 saturated heterocycles. The van der Waals surface area contributed by atoms with Crippen LogP contribution in [-0.2, 0) is 20.2 Å². The van der Waals surface area contributed by atoms with Gasteiger partial charge in [-0.25, -0.2) is 16.8 Å². The summed E-state index contributed by atoms with van der Waals surface area (Å²) in [6.45, 7) is 16.1. The van der Waals surface area contributed by atoms with Crippen molar-refractivity contribution in [2.45, 2.75) is 71.1 Å². The van der Waals surface area contributed by atoms with E-state index in [1.807, 2.05) is 91.8 Å². The van der Waals surface area contributed by atoms with Gasteiger partial charge in [-0.05, 0) is 142 Å². The molecule has 0 heterocycles. The number of hydrogen-bond donors (Lipinski definition) is 2. The van der Waals surface area contributed by atoms with Crippen LogP contribution in [0.3, 0.4) is 0 Å². The van der Waals surface area contributed by atoms with E-state index < -0.39 is 35.9 Å². The van der Waals surface area contributed by atoms with Crippen LogP contribution in [0.4, 0.5) is 22.7 Å². The number of hydrogen-bond acceptors (Lipinski definition) is 8. The van der Waals surface area contributed by atoms with Crippen LogP contribution in [0.2, 0.25) is 0 Å². The molecule has 0 aliphatic heterocycles. The zero-order chi connectivity index (χ0) is 36.0. The summed E-state index contributed by atoms with van der Waals surface area (Å²) in [7, 11) is -10.2. The Morgan fingerprint density at radius 1 is 0.480 bits per heavy atom. The summed E-state index contributed by atoms with van der Waals surface area (Å²) in [5.41, 5.74) is 13.4. The molecule has 50 heavy (non-hydrogen) atoms. The van der Waals surface area contributed by atoms with Crippen LogP contribution in [0.5, 0.6) is 0 Å². The van der Waals surface area contributed by atoms with Crippen molar-refractivity contribution in [3.8, 4) is 0 Å². The average molecular weight is 704 g/mol. The first kappa shape index (κ1) is 38.9. The van der Waals surface area contributed by atoms with Crippen LogP contribution in [0.1, 0.15) is 67.1 Å². The van der Waals surface area contributed by atoms with E-state index >= 15 is 0 Å². The smallest absolute Gasteiger partial charge is 0.744 e. The number of benzene rings is 5. The Bertz CT molecular complexity index is 2180.